The van der Waals surface area contributed by atoms with Gasteiger partial charge < -0.3 is 16.6 Å². The van der Waals surface area contributed by atoms with Gasteiger partial charge in [0.15, 0.2) is 0 Å². The maximum Gasteiger partial charge on any atom is 0.253 e. The maximum absolute atomic E-state index is 12.1. The third-order valence-corrected chi connectivity index (χ3v) is 4.91. The van der Waals surface area contributed by atoms with E-state index in [0.29, 0.717) is 11.0 Å². The van der Waals surface area contributed by atoms with E-state index in [9.17, 15) is 9.90 Å². The molecule has 0 fully saturated rings. The molecule has 1 aliphatic rings. The molecule has 5 N–H and O–H groups in total. The van der Waals surface area contributed by atoms with Crippen LogP contribution in [-0.2, 0) is 0 Å². The van der Waals surface area contributed by atoms with Gasteiger partial charge in [0.1, 0.15) is 11.5 Å². The van der Waals surface area contributed by atoms with E-state index in [1.54, 1.807) is 16.8 Å². The molecule has 0 saturated heterocycles. The zero-order valence-corrected chi connectivity index (χ0v) is 14.9. The molecule has 0 bridgehead atoms. The second-order valence-electron chi connectivity index (χ2n) is 6.96. The van der Waals surface area contributed by atoms with E-state index in [1.807, 2.05) is 26.0 Å². The zero-order chi connectivity index (χ0) is 18.5. The van der Waals surface area contributed by atoms with Gasteiger partial charge in [0, 0.05) is 23.2 Å². The van der Waals surface area contributed by atoms with Crippen LogP contribution >= 0.6 is 0 Å². The smallest absolute Gasteiger partial charge is 0.253 e. The Bertz CT molecular complexity index is 921. The molecule has 132 valence electrons. The van der Waals surface area contributed by atoms with Gasteiger partial charge in [-0.2, -0.15) is 0 Å². The molecular weight excluding hydrogens is 316 g/mol. The molecule has 25 heavy (non-hydrogen) atoms. The number of nitrogen functional groups attached to an aromatic ring is 1. The first-order valence-electron chi connectivity index (χ1n) is 8.41. The van der Waals surface area contributed by atoms with Gasteiger partial charge in [0.05, 0.1) is 11.7 Å². The number of allylic oxidation sites excluding steroid dienone is 2. The number of aliphatic hydroxyl groups excluding tert-OH is 1. The first-order valence-corrected chi connectivity index (χ1v) is 8.41. The number of carbonyl (C=O) groups is 1. The lowest BCUT2D eigenvalue weighted by molar-refractivity contribution is 0.100. The van der Waals surface area contributed by atoms with E-state index in [2.05, 4.69) is 18.8 Å². The van der Waals surface area contributed by atoms with Crippen molar-refractivity contribution in [2.45, 2.75) is 39.7 Å². The summed E-state index contributed by atoms with van der Waals surface area (Å²) in [4.78, 5) is 16.6. The van der Waals surface area contributed by atoms with Crippen molar-refractivity contribution in [1.82, 2.24) is 9.55 Å². The first-order chi connectivity index (χ1) is 11.7. The van der Waals surface area contributed by atoms with E-state index in [-0.39, 0.29) is 23.2 Å². The van der Waals surface area contributed by atoms with Crippen molar-refractivity contribution in [2.24, 2.45) is 11.7 Å². The molecule has 0 saturated carbocycles. The number of pyridine rings is 1. The number of anilines is 1. The molecule has 2 aromatic heterocycles. The van der Waals surface area contributed by atoms with Crippen molar-refractivity contribution in [3.05, 3.63) is 41.1 Å². The van der Waals surface area contributed by atoms with E-state index >= 15 is 0 Å². The van der Waals surface area contributed by atoms with Gasteiger partial charge in [-0.05, 0) is 30.0 Å². The van der Waals surface area contributed by atoms with E-state index < -0.39 is 12.0 Å². The highest BCUT2D eigenvalue weighted by molar-refractivity contribution is 6.11. The highest BCUT2D eigenvalue weighted by Crippen LogP contribution is 2.37. The molecule has 0 aromatic carbocycles. The van der Waals surface area contributed by atoms with Crippen LogP contribution in [-0.4, -0.2) is 26.7 Å². The molecule has 3 rings (SSSR count). The largest absolute Gasteiger partial charge is 0.388 e. The van der Waals surface area contributed by atoms with Crippen LogP contribution in [0.3, 0.4) is 0 Å². The Hall–Kier alpha value is -2.60. The van der Waals surface area contributed by atoms with Crippen LogP contribution in [0.4, 0.5) is 5.82 Å². The van der Waals surface area contributed by atoms with Crippen LogP contribution in [0, 0.1) is 5.92 Å². The van der Waals surface area contributed by atoms with Gasteiger partial charge in [-0.15, -0.1) is 0 Å². The standard InChI is InChI=1S/C19H24N4O2/c1-9(2)12-7-13-15(18(21)25)17(20)23(19(13)22-8-12)16-10(3)5-6-14(24)11(16)4/h5-9,11,14,24H,20H2,1-4H3,(H2,21,25)/t11-,14-/m1/s1. The molecular formula is C19H24N4O2. The third kappa shape index (κ3) is 2.62. The van der Waals surface area contributed by atoms with Crippen LogP contribution in [0.2, 0.25) is 0 Å². The minimum absolute atomic E-state index is 0.185. The van der Waals surface area contributed by atoms with E-state index in [1.165, 1.54) is 0 Å². The number of carbonyl (C=O) groups excluding carboxylic acids is 1. The normalized spacial score (nSPS) is 20.7. The average Bonchev–Trinajstić information content (AvgIpc) is 2.83. The van der Waals surface area contributed by atoms with Crippen molar-refractivity contribution >= 4 is 28.5 Å². The number of nitrogens with two attached hydrogens (primary N) is 2. The van der Waals surface area contributed by atoms with Gasteiger partial charge in [-0.25, -0.2) is 4.98 Å². The van der Waals surface area contributed by atoms with Crippen LogP contribution in [0.25, 0.3) is 16.7 Å². The van der Waals surface area contributed by atoms with Gasteiger partial charge in [-0.3, -0.25) is 9.36 Å². The summed E-state index contributed by atoms with van der Waals surface area (Å²) in [7, 11) is 0. The summed E-state index contributed by atoms with van der Waals surface area (Å²) in [6.07, 6.45) is 4.79. The number of hydrogen-bond acceptors (Lipinski definition) is 4. The molecule has 6 heteroatoms. The number of hydrogen-bond donors (Lipinski definition) is 3. The second-order valence-corrected chi connectivity index (χ2v) is 6.96. The minimum Gasteiger partial charge on any atom is -0.388 e. The first kappa shape index (κ1) is 17.2. The molecule has 1 amide bonds. The van der Waals surface area contributed by atoms with Gasteiger partial charge in [0.2, 0.25) is 0 Å². The van der Waals surface area contributed by atoms with E-state index in [4.69, 9.17) is 11.5 Å². The van der Waals surface area contributed by atoms with E-state index in [0.717, 1.165) is 16.8 Å². The number of primary amides is 1. The van der Waals surface area contributed by atoms with Crippen molar-refractivity contribution in [2.75, 3.05) is 5.73 Å². The molecule has 0 aliphatic heterocycles. The molecule has 2 atom stereocenters. The van der Waals surface area contributed by atoms with Gasteiger partial charge in [-0.1, -0.05) is 32.9 Å². The molecule has 2 heterocycles. The number of amides is 1. The lowest BCUT2D eigenvalue weighted by atomic mass is 9.91. The summed E-state index contributed by atoms with van der Waals surface area (Å²) >= 11 is 0. The summed E-state index contributed by atoms with van der Waals surface area (Å²) in [6.45, 7) is 7.99. The maximum atomic E-state index is 12.1. The van der Waals surface area contributed by atoms with Crippen LogP contribution in [0.15, 0.2) is 30.0 Å². The Labute approximate surface area is 146 Å². The number of aliphatic hydroxyl groups is 1. The zero-order valence-electron chi connectivity index (χ0n) is 14.9. The molecule has 0 unspecified atom stereocenters. The lowest BCUT2D eigenvalue weighted by Gasteiger charge is -2.27. The van der Waals surface area contributed by atoms with Crippen molar-refractivity contribution < 1.29 is 9.90 Å². The Morgan fingerprint density at radius 3 is 2.68 bits per heavy atom. The summed E-state index contributed by atoms with van der Waals surface area (Å²) in [5.74, 6) is -0.238. The Kier molecular flexibility index (Phi) is 4.16. The SMILES string of the molecule is CC1=C(n2c(N)c(C(N)=O)c3cc(C(C)C)cnc32)[C@H](C)[C@H](O)C=C1. The highest BCUT2D eigenvalue weighted by Gasteiger charge is 2.29. The molecule has 0 spiro atoms. The number of nitrogens with zero attached hydrogens (tertiary/aromatic N) is 2. The lowest BCUT2D eigenvalue weighted by Crippen LogP contribution is -2.24. The summed E-state index contributed by atoms with van der Waals surface area (Å²) in [6, 6.07) is 1.93. The van der Waals surface area contributed by atoms with Crippen molar-refractivity contribution in [3.8, 4) is 0 Å². The fraction of sp³-hybridized carbons (Fsp3) is 0.368. The average molecular weight is 340 g/mol. The van der Waals surface area contributed by atoms with Crippen molar-refractivity contribution in [1.29, 1.82) is 0 Å². The summed E-state index contributed by atoms with van der Waals surface area (Å²) in [5, 5.41) is 10.9. The Morgan fingerprint density at radius 1 is 1.40 bits per heavy atom. The predicted molar refractivity (Wildman–Crippen MR) is 100.0 cm³/mol. The number of rotatable bonds is 3. The molecule has 1 aliphatic carbocycles. The van der Waals surface area contributed by atoms with Crippen LogP contribution in [0.5, 0.6) is 0 Å². The second kappa shape index (κ2) is 6.04. The minimum atomic E-state index is -0.623. The molecule has 2 aromatic rings. The van der Waals surface area contributed by atoms with Gasteiger partial charge in [0.25, 0.3) is 5.91 Å². The van der Waals surface area contributed by atoms with Gasteiger partial charge >= 0.3 is 0 Å². The predicted octanol–water partition coefficient (Wildman–Crippen LogP) is 2.64. The summed E-state index contributed by atoms with van der Waals surface area (Å²) in [5.41, 5.74) is 15.6. The molecule has 6 nitrogen and oxygen atoms in total. The molecule has 0 radical (unpaired) electrons. The van der Waals surface area contributed by atoms with Crippen LogP contribution in [0.1, 0.15) is 49.5 Å². The fourth-order valence-corrected chi connectivity index (χ4v) is 3.41. The highest BCUT2D eigenvalue weighted by atomic mass is 16.3. The number of fused-ring (bicyclic) bond motifs is 1. The van der Waals surface area contributed by atoms with Crippen LogP contribution < -0.4 is 11.5 Å². The monoisotopic (exact) mass is 340 g/mol. The van der Waals surface area contributed by atoms with Crippen molar-refractivity contribution in [3.63, 3.8) is 0 Å². The third-order valence-electron chi connectivity index (χ3n) is 4.91. The topological polar surface area (TPSA) is 107 Å². The quantitative estimate of drug-likeness (QED) is 0.798. The fourth-order valence-electron chi connectivity index (χ4n) is 3.41. The Morgan fingerprint density at radius 2 is 2.08 bits per heavy atom. The Balaban J connectivity index is 2.39. The summed E-state index contributed by atoms with van der Waals surface area (Å²) < 4.78 is 1.76. The number of aromatic nitrogens is 2.